The van der Waals surface area contributed by atoms with Gasteiger partial charge >= 0.3 is 0 Å². The largest absolute Gasteiger partial charge is 0.489 e. The van der Waals surface area contributed by atoms with E-state index < -0.39 is 6.10 Å². The number of rotatable bonds is 6. The molecule has 3 atom stereocenters. The molecule has 0 amide bonds. The first-order chi connectivity index (χ1) is 10.5. The van der Waals surface area contributed by atoms with Crippen LogP contribution in [0.15, 0.2) is 18.2 Å². The molecule has 22 heavy (non-hydrogen) atoms. The predicted molar refractivity (Wildman–Crippen MR) is 88.5 cm³/mol. The zero-order valence-electron chi connectivity index (χ0n) is 13.3. The number of hydrogen-bond donors (Lipinski definition) is 2. The molecule has 1 heterocycles. The first-order valence-electron chi connectivity index (χ1n) is 7.93. The summed E-state index contributed by atoms with van der Waals surface area (Å²) >= 11 is 6.08. The molecule has 1 aromatic rings. The van der Waals surface area contributed by atoms with Gasteiger partial charge in [0, 0.05) is 13.1 Å². The Morgan fingerprint density at radius 2 is 2.18 bits per heavy atom. The molecule has 4 nitrogen and oxygen atoms in total. The van der Waals surface area contributed by atoms with Crippen molar-refractivity contribution in [2.75, 3.05) is 26.2 Å². The molecule has 124 valence electrons. The molecular weight excluding hydrogens is 302 g/mol. The SMILES string of the molecule is Cc1ccc(Cl)c(OC[C@H](O)CN2CCC[C@H]([C@@H](C)O)C2)c1. The Bertz CT molecular complexity index is 481. The average Bonchev–Trinajstić information content (AvgIpc) is 2.48. The van der Waals surface area contributed by atoms with E-state index in [-0.39, 0.29) is 12.7 Å². The van der Waals surface area contributed by atoms with E-state index in [0.29, 0.717) is 23.2 Å². The molecule has 0 aromatic heterocycles. The molecule has 0 unspecified atom stereocenters. The summed E-state index contributed by atoms with van der Waals surface area (Å²) in [5.74, 6) is 0.911. The number of likely N-dealkylation sites (tertiary alicyclic amines) is 1. The minimum Gasteiger partial charge on any atom is -0.489 e. The molecule has 0 spiro atoms. The van der Waals surface area contributed by atoms with Crippen LogP contribution in [0.1, 0.15) is 25.3 Å². The third kappa shape index (κ3) is 5.13. The smallest absolute Gasteiger partial charge is 0.138 e. The Kier molecular flexibility index (Phi) is 6.50. The van der Waals surface area contributed by atoms with Crippen LogP contribution in [0.5, 0.6) is 5.75 Å². The summed E-state index contributed by atoms with van der Waals surface area (Å²) in [5.41, 5.74) is 1.07. The highest BCUT2D eigenvalue weighted by molar-refractivity contribution is 6.32. The maximum absolute atomic E-state index is 10.2. The minimum absolute atomic E-state index is 0.221. The van der Waals surface area contributed by atoms with E-state index in [4.69, 9.17) is 16.3 Å². The summed E-state index contributed by atoms with van der Waals surface area (Å²) in [6, 6.07) is 5.60. The standard InChI is InChI=1S/C17H26ClNO3/c1-12-5-6-16(18)17(8-12)22-11-15(21)10-19-7-3-4-14(9-19)13(2)20/h5-6,8,13-15,20-21H,3-4,7,9-11H2,1-2H3/t13-,14+,15-/m1/s1. The Hall–Kier alpha value is -0.810. The van der Waals surface area contributed by atoms with Gasteiger partial charge in [0.2, 0.25) is 0 Å². The molecule has 2 N–H and O–H groups in total. The fourth-order valence-electron chi connectivity index (χ4n) is 2.91. The van der Waals surface area contributed by atoms with Crippen molar-refractivity contribution in [3.8, 4) is 5.75 Å². The summed E-state index contributed by atoms with van der Waals surface area (Å²) in [5, 5.41) is 20.4. The summed E-state index contributed by atoms with van der Waals surface area (Å²) in [4.78, 5) is 2.20. The number of aryl methyl sites for hydroxylation is 1. The molecule has 1 aliphatic heterocycles. The lowest BCUT2D eigenvalue weighted by Crippen LogP contribution is -2.44. The molecule has 0 aliphatic carbocycles. The van der Waals surface area contributed by atoms with Gasteiger partial charge in [0.05, 0.1) is 11.1 Å². The third-order valence-electron chi connectivity index (χ3n) is 4.21. The molecule has 5 heteroatoms. The summed E-state index contributed by atoms with van der Waals surface area (Å²) in [6.45, 7) is 6.40. The van der Waals surface area contributed by atoms with Crippen LogP contribution in [-0.2, 0) is 0 Å². The normalized spacial score (nSPS) is 22.3. The van der Waals surface area contributed by atoms with E-state index in [1.54, 1.807) is 6.07 Å². The highest BCUT2D eigenvalue weighted by Crippen LogP contribution is 2.25. The number of β-amino-alcohol motifs (C(OH)–C–C–N with tert-alkyl or cyclic N) is 1. The highest BCUT2D eigenvalue weighted by Gasteiger charge is 2.24. The van der Waals surface area contributed by atoms with Crippen molar-refractivity contribution in [2.45, 2.75) is 38.9 Å². The zero-order valence-corrected chi connectivity index (χ0v) is 14.1. The van der Waals surface area contributed by atoms with Crippen molar-refractivity contribution in [2.24, 2.45) is 5.92 Å². The fourth-order valence-corrected chi connectivity index (χ4v) is 3.08. The van der Waals surface area contributed by atoms with Gasteiger partial charge in [-0.2, -0.15) is 0 Å². The van der Waals surface area contributed by atoms with Crippen molar-refractivity contribution in [1.29, 1.82) is 0 Å². The van der Waals surface area contributed by atoms with Crippen LogP contribution in [-0.4, -0.2) is 53.6 Å². The van der Waals surface area contributed by atoms with Gasteiger partial charge in [0.25, 0.3) is 0 Å². The van der Waals surface area contributed by atoms with Gasteiger partial charge in [-0.25, -0.2) is 0 Å². The van der Waals surface area contributed by atoms with Crippen molar-refractivity contribution in [3.05, 3.63) is 28.8 Å². The van der Waals surface area contributed by atoms with Crippen molar-refractivity contribution < 1.29 is 14.9 Å². The molecule has 1 fully saturated rings. The summed E-state index contributed by atoms with van der Waals surface area (Å²) in [6.07, 6.45) is 1.26. The van der Waals surface area contributed by atoms with Gasteiger partial charge in [-0.1, -0.05) is 17.7 Å². The zero-order chi connectivity index (χ0) is 16.1. The molecule has 1 saturated heterocycles. The average molecular weight is 328 g/mol. The van der Waals surface area contributed by atoms with Crippen LogP contribution in [0.25, 0.3) is 0 Å². The van der Waals surface area contributed by atoms with Gasteiger partial charge in [-0.3, -0.25) is 0 Å². The number of halogens is 1. The van der Waals surface area contributed by atoms with E-state index in [9.17, 15) is 10.2 Å². The van der Waals surface area contributed by atoms with E-state index in [1.165, 1.54) is 0 Å². The van der Waals surface area contributed by atoms with Crippen LogP contribution >= 0.6 is 11.6 Å². The lowest BCUT2D eigenvalue weighted by molar-refractivity contribution is 0.0244. The van der Waals surface area contributed by atoms with Crippen LogP contribution in [0.3, 0.4) is 0 Å². The molecule has 2 rings (SSSR count). The Labute approximate surface area is 137 Å². The number of piperidine rings is 1. The molecule has 0 radical (unpaired) electrons. The van der Waals surface area contributed by atoms with Gasteiger partial charge in [-0.15, -0.1) is 0 Å². The summed E-state index contributed by atoms with van der Waals surface area (Å²) in [7, 11) is 0. The Morgan fingerprint density at radius 3 is 2.91 bits per heavy atom. The monoisotopic (exact) mass is 327 g/mol. The van der Waals surface area contributed by atoms with E-state index >= 15 is 0 Å². The predicted octanol–water partition coefficient (Wildman–Crippen LogP) is 2.48. The first kappa shape index (κ1) is 17.5. The first-order valence-corrected chi connectivity index (χ1v) is 8.31. The van der Waals surface area contributed by atoms with Crippen molar-refractivity contribution in [1.82, 2.24) is 4.90 Å². The van der Waals surface area contributed by atoms with E-state index in [2.05, 4.69) is 4.90 Å². The van der Waals surface area contributed by atoms with Gasteiger partial charge in [-0.05, 0) is 56.8 Å². The number of ether oxygens (including phenoxy) is 1. The highest BCUT2D eigenvalue weighted by atomic mass is 35.5. The number of aliphatic hydroxyl groups is 2. The van der Waals surface area contributed by atoms with Crippen LogP contribution in [0.2, 0.25) is 5.02 Å². The number of aliphatic hydroxyl groups excluding tert-OH is 2. The number of hydrogen-bond acceptors (Lipinski definition) is 4. The van der Waals surface area contributed by atoms with Crippen LogP contribution in [0, 0.1) is 12.8 Å². The second-order valence-corrected chi connectivity index (χ2v) is 6.71. The van der Waals surface area contributed by atoms with Crippen LogP contribution in [0.4, 0.5) is 0 Å². The van der Waals surface area contributed by atoms with Gasteiger partial charge < -0.3 is 19.8 Å². The second-order valence-electron chi connectivity index (χ2n) is 6.30. The topological polar surface area (TPSA) is 52.9 Å². The molecule has 0 saturated carbocycles. The molecular formula is C17H26ClNO3. The summed E-state index contributed by atoms with van der Waals surface area (Å²) < 4.78 is 5.64. The second kappa shape index (κ2) is 8.16. The molecule has 1 aromatic carbocycles. The number of nitrogens with zero attached hydrogens (tertiary/aromatic N) is 1. The minimum atomic E-state index is -0.565. The van der Waals surface area contributed by atoms with Gasteiger partial charge in [0.1, 0.15) is 18.5 Å². The fraction of sp³-hybridized carbons (Fsp3) is 0.647. The molecule has 0 bridgehead atoms. The van der Waals surface area contributed by atoms with E-state index in [1.807, 2.05) is 26.0 Å². The Balaban J connectivity index is 1.80. The Morgan fingerprint density at radius 1 is 1.41 bits per heavy atom. The van der Waals surface area contributed by atoms with Crippen molar-refractivity contribution in [3.63, 3.8) is 0 Å². The van der Waals surface area contributed by atoms with E-state index in [0.717, 1.165) is 31.5 Å². The lowest BCUT2D eigenvalue weighted by Gasteiger charge is -2.35. The third-order valence-corrected chi connectivity index (χ3v) is 4.52. The van der Waals surface area contributed by atoms with Gasteiger partial charge in [0.15, 0.2) is 0 Å². The maximum atomic E-state index is 10.2. The maximum Gasteiger partial charge on any atom is 0.138 e. The number of benzene rings is 1. The quantitative estimate of drug-likeness (QED) is 0.843. The van der Waals surface area contributed by atoms with Crippen molar-refractivity contribution >= 4 is 11.6 Å². The van der Waals surface area contributed by atoms with Crippen LogP contribution < -0.4 is 4.74 Å². The molecule has 1 aliphatic rings. The lowest BCUT2D eigenvalue weighted by atomic mass is 9.93.